The lowest BCUT2D eigenvalue weighted by Crippen LogP contribution is -2.61. The van der Waals surface area contributed by atoms with Gasteiger partial charge < -0.3 is 19.3 Å². The zero-order valence-corrected chi connectivity index (χ0v) is 14.3. The van der Waals surface area contributed by atoms with E-state index in [4.69, 9.17) is 14.0 Å². The summed E-state index contributed by atoms with van der Waals surface area (Å²) in [6, 6.07) is 6.10. The minimum atomic E-state index is -0.0665. The maximum atomic E-state index is 5.53. The first-order chi connectivity index (χ1) is 12.3. The molecule has 0 amide bonds. The predicted octanol–water partition coefficient (Wildman–Crippen LogP) is 1.00. The van der Waals surface area contributed by atoms with E-state index < -0.39 is 0 Å². The average molecular weight is 344 g/mol. The second-order valence-corrected chi connectivity index (χ2v) is 6.84. The van der Waals surface area contributed by atoms with Crippen molar-refractivity contribution in [3.63, 3.8) is 0 Å². The van der Waals surface area contributed by atoms with Gasteiger partial charge in [-0.3, -0.25) is 9.88 Å². The van der Waals surface area contributed by atoms with Crippen LogP contribution in [0.2, 0.25) is 0 Å². The zero-order valence-electron chi connectivity index (χ0n) is 14.3. The molecular formula is C18H24N4O3. The number of nitrogens with zero attached hydrogens (tertiary/aromatic N) is 3. The molecule has 2 aromatic heterocycles. The number of pyridine rings is 1. The second kappa shape index (κ2) is 7.61. The van der Waals surface area contributed by atoms with Gasteiger partial charge in [-0.05, 0) is 11.6 Å². The van der Waals surface area contributed by atoms with Crippen molar-refractivity contribution in [2.45, 2.75) is 25.0 Å². The van der Waals surface area contributed by atoms with Gasteiger partial charge in [0.1, 0.15) is 0 Å². The lowest BCUT2D eigenvalue weighted by Gasteiger charge is -2.42. The van der Waals surface area contributed by atoms with Crippen LogP contribution in [0.1, 0.15) is 17.0 Å². The number of hydrogen-bond donors (Lipinski definition) is 1. The van der Waals surface area contributed by atoms with Crippen LogP contribution in [0, 0.1) is 0 Å². The number of aromatic nitrogens is 2. The molecule has 2 aliphatic heterocycles. The van der Waals surface area contributed by atoms with E-state index >= 15 is 0 Å². The minimum absolute atomic E-state index is 0.0665. The molecule has 7 nitrogen and oxygen atoms in total. The lowest BCUT2D eigenvalue weighted by molar-refractivity contribution is -0.0755. The average Bonchev–Trinajstić information content (AvgIpc) is 3.06. The molecule has 0 atom stereocenters. The molecule has 0 bridgehead atoms. The standard InChI is InChI=1S/C18H24N4O3/c1-2-15(10-19-3-1)11-20-18(13-24-14-18)9-16-8-17(25-21-16)12-22-4-6-23-7-5-22/h1-3,8,10,20H,4-7,9,11-14H2. The molecule has 25 heavy (non-hydrogen) atoms. The van der Waals surface area contributed by atoms with Crippen molar-refractivity contribution in [1.29, 1.82) is 0 Å². The molecule has 2 saturated heterocycles. The predicted molar refractivity (Wildman–Crippen MR) is 90.9 cm³/mol. The molecule has 0 spiro atoms. The van der Waals surface area contributed by atoms with Crippen molar-refractivity contribution in [3.05, 3.63) is 47.6 Å². The van der Waals surface area contributed by atoms with Crippen molar-refractivity contribution in [1.82, 2.24) is 20.4 Å². The second-order valence-electron chi connectivity index (χ2n) is 6.84. The third kappa shape index (κ3) is 4.24. The first-order valence-corrected chi connectivity index (χ1v) is 8.78. The number of rotatable bonds is 7. The van der Waals surface area contributed by atoms with E-state index in [1.54, 1.807) is 6.20 Å². The van der Waals surface area contributed by atoms with Crippen molar-refractivity contribution in [2.75, 3.05) is 39.5 Å². The highest BCUT2D eigenvalue weighted by Crippen LogP contribution is 2.23. The quantitative estimate of drug-likeness (QED) is 0.803. The van der Waals surface area contributed by atoms with Crippen LogP contribution in [0.15, 0.2) is 35.1 Å². The molecule has 2 aliphatic rings. The third-order valence-electron chi connectivity index (χ3n) is 4.76. The fraction of sp³-hybridized carbons (Fsp3) is 0.556. The molecule has 1 N–H and O–H groups in total. The molecule has 2 aromatic rings. The Bertz CT molecular complexity index is 666. The number of morpholine rings is 1. The van der Waals surface area contributed by atoms with Gasteiger partial charge in [0.25, 0.3) is 0 Å². The summed E-state index contributed by atoms with van der Waals surface area (Å²) in [5.41, 5.74) is 2.08. The summed E-state index contributed by atoms with van der Waals surface area (Å²) in [7, 11) is 0. The Balaban J connectivity index is 1.33. The summed E-state index contributed by atoms with van der Waals surface area (Å²) < 4.78 is 16.4. The maximum absolute atomic E-state index is 5.53. The normalized spacial score (nSPS) is 20.3. The van der Waals surface area contributed by atoms with Crippen LogP contribution < -0.4 is 5.32 Å². The summed E-state index contributed by atoms with van der Waals surface area (Å²) in [6.45, 7) is 6.43. The van der Waals surface area contributed by atoms with Gasteiger partial charge in [-0.25, -0.2) is 0 Å². The van der Waals surface area contributed by atoms with Gasteiger partial charge >= 0.3 is 0 Å². The first-order valence-electron chi connectivity index (χ1n) is 8.78. The van der Waals surface area contributed by atoms with Crippen LogP contribution in [0.25, 0.3) is 0 Å². The SMILES string of the molecule is c1cncc(CNC2(Cc3cc(CN4CCOCC4)on3)COC2)c1. The largest absolute Gasteiger partial charge is 0.379 e. The van der Waals surface area contributed by atoms with Crippen LogP contribution in [-0.2, 0) is 29.0 Å². The van der Waals surface area contributed by atoms with E-state index in [9.17, 15) is 0 Å². The Morgan fingerprint density at radius 1 is 1.20 bits per heavy atom. The third-order valence-corrected chi connectivity index (χ3v) is 4.76. The monoisotopic (exact) mass is 344 g/mol. The van der Waals surface area contributed by atoms with Gasteiger partial charge in [-0.2, -0.15) is 0 Å². The van der Waals surface area contributed by atoms with E-state index in [2.05, 4.69) is 32.5 Å². The molecule has 4 rings (SSSR count). The van der Waals surface area contributed by atoms with Gasteiger partial charge in [-0.1, -0.05) is 11.2 Å². The maximum Gasteiger partial charge on any atom is 0.150 e. The number of hydrogen-bond acceptors (Lipinski definition) is 7. The smallest absolute Gasteiger partial charge is 0.150 e. The number of ether oxygens (including phenoxy) is 2. The van der Waals surface area contributed by atoms with Crippen molar-refractivity contribution >= 4 is 0 Å². The summed E-state index contributed by atoms with van der Waals surface area (Å²) in [4.78, 5) is 6.49. The van der Waals surface area contributed by atoms with Crippen molar-refractivity contribution in [2.24, 2.45) is 0 Å². The van der Waals surface area contributed by atoms with Crippen LogP contribution in [-0.4, -0.2) is 60.1 Å². The van der Waals surface area contributed by atoms with Gasteiger partial charge in [-0.15, -0.1) is 0 Å². The van der Waals surface area contributed by atoms with Crippen LogP contribution in [0.3, 0.4) is 0 Å². The summed E-state index contributed by atoms with van der Waals surface area (Å²) in [6.07, 6.45) is 4.48. The molecule has 0 aliphatic carbocycles. The molecule has 2 fully saturated rings. The summed E-state index contributed by atoms with van der Waals surface area (Å²) in [5.74, 6) is 0.916. The summed E-state index contributed by atoms with van der Waals surface area (Å²) in [5, 5.41) is 7.88. The number of nitrogens with one attached hydrogen (secondary N) is 1. The van der Waals surface area contributed by atoms with E-state index in [-0.39, 0.29) is 5.54 Å². The van der Waals surface area contributed by atoms with Crippen LogP contribution >= 0.6 is 0 Å². The Hall–Kier alpha value is -1.80. The Morgan fingerprint density at radius 3 is 2.80 bits per heavy atom. The van der Waals surface area contributed by atoms with Crippen LogP contribution in [0.5, 0.6) is 0 Å². The molecular weight excluding hydrogens is 320 g/mol. The fourth-order valence-electron chi connectivity index (χ4n) is 3.25. The highest BCUT2D eigenvalue weighted by Gasteiger charge is 2.39. The van der Waals surface area contributed by atoms with Gasteiger partial charge in [0.05, 0.1) is 44.2 Å². The van der Waals surface area contributed by atoms with E-state index in [0.717, 1.165) is 57.3 Å². The molecule has 7 heteroatoms. The Labute approximate surface area is 147 Å². The van der Waals surface area contributed by atoms with Gasteiger partial charge in [0.2, 0.25) is 0 Å². The van der Waals surface area contributed by atoms with Crippen LogP contribution in [0.4, 0.5) is 0 Å². The Morgan fingerprint density at radius 2 is 2.08 bits per heavy atom. The fourth-order valence-corrected chi connectivity index (χ4v) is 3.25. The van der Waals surface area contributed by atoms with Gasteiger partial charge in [0.15, 0.2) is 5.76 Å². The molecule has 134 valence electrons. The zero-order chi connectivity index (χ0) is 17.0. The molecule has 0 radical (unpaired) electrons. The Kier molecular flexibility index (Phi) is 5.07. The van der Waals surface area contributed by atoms with E-state index in [1.807, 2.05) is 12.3 Å². The molecule has 0 saturated carbocycles. The molecule has 4 heterocycles. The lowest BCUT2D eigenvalue weighted by atomic mass is 9.91. The molecule has 0 unspecified atom stereocenters. The topological polar surface area (TPSA) is 72.7 Å². The first kappa shape index (κ1) is 16.7. The summed E-state index contributed by atoms with van der Waals surface area (Å²) >= 11 is 0. The van der Waals surface area contributed by atoms with Gasteiger partial charge in [0, 0.05) is 44.5 Å². The highest BCUT2D eigenvalue weighted by atomic mass is 16.5. The van der Waals surface area contributed by atoms with E-state index in [0.29, 0.717) is 13.2 Å². The van der Waals surface area contributed by atoms with E-state index in [1.165, 1.54) is 5.56 Å². The van der Waals surface area contributed by atoms with Crippen molar-refractivity contribution < 1.29 is 14.0 Å². The highest BCUT2D eigenvalue weighted by molar-refractivity contribution is 5.14. The minimum Gasteiger partial charge on any atom is -0.379 e. The van der Waals surface area contributed by atoms with Crippen molar-refractivity contribution in [3.8, 4) is 0 Å². The molecule has 0 aromatic carbocycles.